The first-order valence-electron chi connectivity index (χ1n) is 5.73. The normalized spacial score (nSPS) is 12.4. The predicted molar refractivity (Wildman–Crippen MR) is 70.8 cm³/mol. The van der Waals surface area contributed by atoms with E-state index in [1.54, 1.807) is 18.0 Å². The highest BCUT2D eigenvalue weighted by Gasteiger charge is 2.11. The van der Waals surface area contributed by atoms with Gasteiger partial charge in [0.25, 0.3) is 0 Å². The van der Waals surface area contributed by atoms with Gasteiger partial charge in [-0.2, -0.15) is 16.9 Å². The molecule has 1 aromatic heterocycles. The Bertz CT molecular complexity index is 315. The second-order valence-corrected chi connectivity index (χ2v) is 4.79. The van der Waals surface area contributed by atoms with Gasteiger partial charge in [0.05, 0.1) is 6.04 Å². The fraction of sp³-hybridized carbons (Fsp3) is 0.636. The van der Waals surface area contributed by atoms with Crippen molar-refractivity contribution >= 4 is 17.7 Å². The SMILES string of the molecule is CSCC[C@H](N)C(=O)NCCCn1cccn1. The first kappa shape index (κ1) is 14.1. The van der Waals surface area contributed by atoms with Crippen LogP contribution in [0.15, 0.2) is 18.5 Å². The number of rotatable bonds is 8. The van der Waals surface area contributed by atoms with Gasteiger partial charge in [0, 0.05) is 25.5 Å². The molecular weight excluding hydrogens is 236 g/mol. The van der Waals surface area contributed by atoms with Gasteiger partial charge in [-0.1, -0.05) is 0 Å². The summed E-state index contributed by atoms with van der Waals surface area (Å²) in [5.41, 5.74) is 5.74. The summed E-state index contributed by atoms with van der Waals surface area (Å²) in [4.78, 5) is 11.5. The van der Waals surface area contributed by atoms with Crippen molar-refractivity contribution in [3.8, 4) is 0 Å². The number of aromatic nitrogens is 2. The zero-order chi connectivity index (χ0) is 12.5. The van der Waals surface area contributed by atoms with Crippen LogP contribution in [0.2, 0.25) is 0 Å². The highest BCUT2D eigenvalue weighted by molar-refractivity contribution is 7.98. The summed E-state index contributed by atoms with van der Waals surface area (Å²) in [5.74, 6) is 0.863. The Morgan fingerprint density at radius 1 is 1.65 bits per heavy atom. The van der Waals surface area contributed by atoms with Gasteiger partial charge in [-0.3, -0.25) is 9.48 Å². The van der Waals surface area contributed by atoms with Crippen LogP contribution in [0.5, 0.6) is 0 Å². The van der Waals surface area contributed by atoms with Crippen LogP contribution in [0.4, 0.5) is 0 Å². The number of nitrogens with zero attached hydrogens (tertiary/aromatic N) is 2. The fourth-order valence-corrected chi connectivity index (χ4v) is 1.88. The van der Waals surface area contributed by atoms with Gasteiger partial charge in [0.15, 0.2) is 0 Å². The molecule has 5 nitrogen and oxygen atoms in total. The van der Waals surface area contributed by atoms with E-state index in [1.165, 1.54) is 0 Å². The molecule has 1 heterocycles. The van der Waals surface area contributed by atoms with Gasteiger partial charge in [0.1, 0.15) is 0 Å². The van der Waals surface area contributed by atoms with Gasteiger partial charge < -0.3 is 11.1 Å². The van der Waals surface area contributed by atoms with E-state index in [0.29, 0.717) is 6.54 Å². The predicted octanol–water partition coefficient (Wildman–Crippen LogP) is 0.470. The Hall–Kier alpha value is -1.01. The van der Waals surface area contributed by atoms with Crippen LogP contribution in [-0.4, -0.2) is 40.3 Å². The van der Waals surface area contributed by atoms with Crippen molar-refractivity contribution in [2.45, 2.75) is 25.4 Å². The molecule has 6 heteroatoms. The molecule has 3 N–H and O–H groups in total. The Labute approximate surface area is 106 Å². The molecule has 0 saturated heterocycles. The summed E-state index contributed by atoms with van der Waals surface area (Å²) >= 11 is 1.70. The fourth-order valence-electron chi connectivity index (χ4n) is 1.39. The molecule has 1 amide bonds. The lowest BCUT2D eigenvalue weighted by atomic mass is 10.2. The number of aryl methyl sites for hydroxylation is 1. The number of carbonyl (C=O) groups excluding carboxylic acids is 1. The van der Waals surface area contributed by atoms with Gasteiger partial charge in [0.2, 0.25) is 5.91 Å². The van der Waals surface area contributed by atoms with Crippen LogP contribution < -0.4 is 11.1 Å². The molecule has 0 bridgehead atoms. The average molecular weight is 256 g/mol. The number of thioether (sulfide) groups is 1. The summed E-state index contributed by atoms with van der Waals surface area (Å²) in [5, 5.41) is 6.92. The van der Waals surface area contributed by atoms with E-state index in [9.17, 15) is 4.79 Å². The molecule has 1 aromatic rings. The van der Waals surface area contributed by atoms with Crippen molar-refractivity contribution in [1.82, 2.24) is 15.1 Å². The molecule has 0 spiro atoms. The smallest absolute Gasteiger partial charge is 0.236 e. The molecule has 0 aromatic carbocycles. The zero-order valence-electron chi connectivity index (χ0n) is 10.1. The second kappa shape index (κ2) is 8.14. The third-order valence-electron chi connectivity index (χ3n) is 2.39. The average Bonchev–Trinajstić information content (AvgIpc) is 2.84. The molecule has 0 aliphatic heterocycles. The molecule has 96 valence electrons. The second-order valence-electron chi connectivity index (χ2n) is 3.80. The highest BCUT2D eigenvalue weighted by atomic mass is 32.2. The van der Waals surface area contributed by atoms with E-state index < -0.39 is 0 Å². The van der Waals surface area contributed by atoms with Gasteiger partial charge in [-0.25, -0.2) is 0 Å². The lowest BCUT2D eigenvalue weighted by molar-refractivity contribution is -0.122. The summed E-state index contributed by atoms with van der Waals surface area (Å²) < 4.78 is 1.85. The quantitative estimate of drug-likeness (QED) is 0.663. The van der Waals surface area contributed by atoms with Crippen LogP contribution in [0, 0.1) is 0 Å². The van der Waals surface area contributed by atoms with E-state index in [0.717, 1.165) is 25.1 Å². The zero-order valence-corrected chi connectivity index (χ0v) is 10.9. The molecule has 0 radical (unpaired) electrons. The van der Waals surface area contributed by atoms with Crippen molar-refractivity contribution in [3.05, 3.63) is 18.5 Å². The largest absolute Gasteiger partial charge is 0.355 e. The topological polar surface area (TPSA) is 72.9 Å². The highest BCUT2D eigenvalue weighted by Crippen LogP contribution is 1.98. The van der Waals surface area contributed by atoms with Gasteiger partial charge in [-0.15, -0.1) is 0 Å². The van der Waals surface area contributed by atoms with Crippen molar-refractivity contribution in [2.75, 3.05) is 18.6 Å². The van der Waals surface area contributed by atoms with Crippen molar-refractivity contribution in [2.24, 2.45) is 5.73 Å². The van der Waals surface area contributed by atoms with E-state index in [-0.39, 0.29) is 11.9 Å². The minimum absolute atomic E-state index is 0.0560. The molecule has 1 rings (SSSR count). The molecule has 1 atom stereocenters. The van der Waals surface area contributed by atoms with Gasteiger partial charge in [-0.05, 0) is 30.9 Å². The third-order valence-corrected chi connectivity index (χ3v) is 3.04. The number of carbonyl (C=O) groups is 1. The maximum absolute atomic E-state index is 11.5. The summed E-state index contributed by atoms with van der Waals surface area (Å²) in [7, 11) is 0. The molecule has 0 aliphatic rings. The Balaban J connectivity index is 2.07. The lowest BCUT2D eigenvalue weighted by Gasteiger charge is -2.11. The first-order chi connectivity index (χ1) is 8.24. The maximum atomic E-state index is 11.5. The standard InChI is InChI=1S/C11H20N4OS/c1-17-9-4-10(12)11(16)13-5-2-7-15-8-3-6-14-15/h3,6,8,10H,2,4-5,7,9,12H2,1H3,(H,13,16)/t10-/m0/s1. The van der Waals surface area contributed by atoms with Crippen molar-refractivity contribution < 1.29 is 4.79 Å². The number of hydrogen-bond acceptors (Lipinski definition) is 4. The van der Waals surface area contributed by atoms with E-state index >= 15 is 0 Å². The number of hydrogen-bond donors (Lipinski definition) is 2. The Morgan fingerprint density at radius 3 is 3.12 bits per heavy atom. The molecule has 17 heavy (non-hydrogen) atoms. The number of amides is 1. The van der Waals surface area contributed by atoms with Crippen LogP contribution in [0.3, 0.4) is 0 Å². The minimum atomic E-state index is -0.382. The molecule has 0 aliphatic carbocycles. The maximum Gasteiger partial charge on any atom is 0.236 e. The molecule has 0 saturated carbocycles. The van der Waals surface area contributed by atoms with Crippen LogP contribution >= 0.6 is 11.8 Å². The van der Waals surface area contributed by atoms with Crippen LogP contribution in [0.1, 0.15) is 12.8 Å². The van der Waals surface area contributed by atoms with Crippen LogP contribution in [-0.2, 0) is 11.3 Å². The van der Waals surface area contributed by atoms with E-state index in [2.05, 4.69) is 10.4 Å². The summed E-state index contributed by atoms with van der Waals surface area (Å²) in [6.07, 6.45) is 7.26. The number of nitrogens with two attached hydrogens (primary N) is 1. The van der Waals surface area contributed by atoms with Crippen molar-refractivity contribution in [1.29, 1.82) is 0 Å². The molecule has 0 unspecified atom stereocenters. The van der Waals surface area contributed by atoms with Crippen molar-refractivity contribution in [3.63, 3.8) is 0 Å². The van der Waals surface area contributed by atoms with Crippen LogP contribution in [0.25, 0.3) is 0 Å². The lowest BCUT2D eigenvalue weighted by Crippen LogP contribution is -2.41. The van der Waals surface area contributed by atoms with Gasteiger partial charge >= 0.3 is 0 Å². The monoisotopic (exact) mass is 256 g/mol. The summed E-state index contributed by atoms with van der Waals surface area (Å²) in [6.45, 7) is 1.46. The van der Waals surface area contributed by atoms with E-state index in [4.69, 9.17) is 5.73 Å². The van der Waals surface area contributed by atoms with E-state index in [1.807, 2.05) is 23.2 Å². The summed E-state index contributed by atoms with van der Waals surface area (Å²) in [6, 6.07) is 1.50. The minimum Gasteiger partial charge on any atom is -0.355 e. The molecular formula is C11H20N4OS. The Kier molecular flexibility index (Phi) is 6.73. The molecule has 0 fully saturated rings. The third kappa shape index (κ3) is 5.74. The first-order valence-corrected chi connectivity index (χ1v) is 7.13. The number of nitrogens with one attached hydrogen (secondary N) is 1. The Morgan fingerprint density at radius 2 is 2.47 bits per heavy atom.